The number of halogens is 2. The summed E-state index contributed by atoms with van der Waals surface area (Å²) in [6.45, 7) is 13.3. The molecule has 4 rings (SSSR count). The second-order valence-electron chi connectivity index (χ2n) is 10.6. The van der Waals surface area contributed by atoms with Gasteiger partial charge < -0.3 is 0 Å². The van der Waals surface area contributed by atoms with Crippen molar-refractivity contribution < 1.29 is 20.8 Å². The van der Waals surface area contributed by atoms with Crippen molar-refractivity contribution in [3.63, 3.8) is 0 Å². The fraction of sp³-hybridized carbons (Fsp3) is 0.500. The van der Waals surface area contributed by atoms with E-state index in [4.69, 9.17) is 17.0 Å². The molecule has 2 radical (unpaired) electrons. The molecule has 0 aliphatic rings. The zero-order chi connectivity index (χ0) is 29.6. The minimum absolute atomic E-state index is 0.826. The Hall–Kier alpha value is -0.660. The Morgan fingerprint density at radius 2 is 0.925 bits per heavy atom. The van der Waals surface area contributed by atoms with Crippen LogP contribution >= 0.6 is 17.0 Å². The quantitative estimate of drug-likeness (QED) is 0.104. The molecule has 40 heavy (non-hydrogen) atoms. The van der Waals surface area contributed by atoms with E-state index in [1.54, 1.807) is 0 Å². The molecule has 0 heterocycles. The maximum absolute atomic E-state index is 4.93. The summed E-state index contributed by atoms with van der Waals surface area (Å²) in [6, 6.07) is 23.1. The molecule has 4 aromatic rings. The molecule has 0 spiro atoms. The third-order valence-electron chi connectivity index (χ3n) is 7.04. The molecule has 0 fully saturated rings. The molecule has 0 aliphatic heterocycles. The summed E-state index contributed by atoms with van der Waals surface area (Å²) < 4.78 is 0. The summed E-state index contributed by atoms with van der Waals surface area (Å²) in [5.41, 5.74) is 6.11. The number of rotatable bonds is 12. The fourth-order valence-electron chi connectivity index (χ4n) is 4.94. The van der Waals surface area contributed by atoms with Crippen LogP contribution in [0.15, 0.2) is 60.7 Å². The molecule has 0 aromatic heterocycles. The van der Waals surface area contributed by atoms with Crippen molar-refractivity contribution in [3.8, 4) is 0 Å². The van der Waals surface area contributed by atoms with Crippen molar-refractivity contribution >= 4 is 48.1 Å². The normalized spacial score (nSPS) is 10.2. The first kappa shape index (κ1) is 37.4. The second-order valence-corrected chi connectivity index (χ2v) is 15.3. The van der Waals surface area contributed by atoms with Gasteiger partial charge in [-0.25, -0.2) is 0 Å². The topological polar surface area (TPSA) is 0 Å². The molecule has 4 heteroatoms. The van der Waals surface area contributed by atoms with Gasteiger partial charge in [-0.2, -0.15) is 12.1 Å². The first-order chi connectivity index (χ1) is 19.5. The molecule has 4 aromatic carbocycles. The molecule has 0 N–H and O–H groups in total. The SMILES string of the molecule is CCCCc1cc2c(CCCC)cccc2[cH-]1.CCCCc1cc2c(CCCC)cccc2[cH-]1.C[Si]C.[Cl][Zr+2][Cl]. The van der Waals surface area contributed by atoms with Gasteiger partial charge >= 0.3 is 37.9 Å². The van der Waals surface area contributed by atoms with Crippen molar-refractivity contribution in [3.05, 3.63) is 82.9 Å². The van der Waals surface area contributed by atoms with Gasteiger partial charge in [0, 0.05) is 9.52 Å². The van der Waals surface area contributed by atoms with Crippen molar-refractivity contribution in [2.24, 2.45) is 0 Å². The van der Waals surface area contributed by atoms with E-state index in [1.165, 1.54) is 121 Å². The summed E-state index contributed by atoms with van der Waals surface area (Å²) in [5, 5.41) is 5.86. The maximum atomic E-state index is 4.93. The van der Waals surface area contributed by atoms with Crippen LogP contribution in [0.4, 0.5) is 0 Å². The summed E-state index contributed by atoms with van der Waals surface area (Å²) >= 11 is -0.826. The van der Waals surface area contributed by atoms with Crippen LogP contribution in [0.5, 0.6) is 0 Å². The molecule has 0 aliphatic carbocycles. The third kappa shape index (κ3) is 14.0. The summed E-state index contributed by atoms with van der Waals surface area (Å²) in [4.78, 5) is 0. The van der Waals surface area contributed by atoms with Crippen LogP contribution < -0.4 is 0 Å². The monoisotopic (exact) mass is 672 g/mol. The molecule has 0 saturated heterocycles. The number of unbranched alkanes of at least 4 members (excludes halogenated alkanes) is 4. The Morgan fingerprint density at radius 1 is 0.600 bits per heavy atom. The van der Waals surface area contributed by atoms with Crippen molar-refractivity contribution in [1.29, 1.82) is 0 Å². The molecule has 0 atom stereocenters. The standard InChI is InChI=1S/2C17H23.C2H6Si.2ClH.Zr/c2*1-3-5-8-14-12-16-11-7-10-15(9-6-4-2)17(16)13-14;1-3-2;;;/h2*7,10-13H,3-6,8-9H2,1-2H3;1-2H3;2*1H;/q2*-1;;;;+4/p-2. The van der Waals surface area contributed by atoms with E-state index in [9.17, 15) is 0 Å². The average Bonchev–Trinajstić information content (AvgIpc) is 3.58. The Morgan fingerprint density at radius 3 is 1.25 bits per heavy atom. The van der Waals surface area contributed by atoms with Crippen LogP contribution in [0, 0.1) is 0 Å². The zero-order valence-corrected chi connectivity index (χ0v) is 31.0. The van der Waals surface area contributed by atoms with E-state index in [-0.39, 0.29) is 0 Å². The average molecular weight is 675 g/mol. The molecular weight excluding hydrogens is 623 g/mol. The Labute approximate surface area is 267 Å². The molecule has 0 saturated carbocycles. The van der Waals surface area contributed by atoms with Gasteiger partial charge in [0.2, 0.25) is 0 Å². The van der Waals surface area contributed by atoms with Gasteiger partial charge in [-0.3, -0.25) is 0 Å². The summed E-state index contributed by atoms with van der Waals surface area (Å²) in [6.07, 6.45) is 15.3. The molecule has 0 amide bonds. The van der Waals surface area contributed by atoms with Crippen LogP contribution in [-0.4, -0.2) is 9.52 Å². The number of fused-ring (bicyclic) bond motifs is 2. The Bertz CT molecular complexity index is 1070. The number of hydrogen-bond acceptors (Lipinski definition) is 0. The van der Waals surface area contributed by atoms with Crippen molar-refractivity contribution in [2.75, 3.05) is 0 Å². The molecule has 0 bridgehead atoms. The first-order valence-electron chi connectivity index (χ1n) is 15.4. The van der Waals surface area contributed by atoms with Crippen LogP contribution in [0.1, 0.15) is 101 Å². The summed E-state index contributed by atoms with van der Waals surface area (Å²) in [7, 11) is 11.0. The zero-order valence-electron chi connectivity index (χ0n) is 26.0. The van der Waals surface area contributed by atoms with Gasteiger partial charge in [-0.05, 0) is 25.7 Å². The van der Waals surface area contributed by atoms with E-state index in [0.717, 1.165) is 9.52 Å². The van der Waals surface area contributed by atoms with E-state index in [2.05, 4.69) is 101 Å². The van der Waals surface area contributed by atoms with Crippen LogP contribution in [-0.2, 0) is 46.5 Å². The number of benzene rings is 2. The Kier molecular flexibility index (Phi) is 22.3. The van der Waals surface area contributed by atoms with E-state index < -0.39 is 20.8 Å². The Balaban J connectivity index is 0.000000335. The van der Waals surface area contributed by atoms with Gasteiger partial charge in [-0.15, -0.1) is 69.1 Å². The van der Waals surface area contributed by atoms with Gasteiger partial charge in [0.05, 0.1) is 0 Å². The molecule has 0 nitrogen and oxygen atoms in total. The van der Waals surface area contributed by atoms with Gasteiger partial charge in [0.15, 0.2) is 0 Å². The van der Waals surface area contributed by atoms with Crippen molar-refractivity contribution in [1.82, 2.24) is 0 Å². The predicted molar refractivity (Wildman–Crippen MR) is 183 cm³/mol. The van der Waals surface area contributed by atoms with Crippen LogP contribution in [0.25, 0.3) is 21.5 Å². The molecular formula is C36H52Cl2SiZr. The predicted octanol–water partition coefficient (Wildman–Crippen LogP) is 12.7. The van der Waals surface area contributed by atoms with E-state index in [1.807, 2.05) is 0 Å². The van der Waals surface area contributed by atoms with Gasteiger partial charge in [0.25, 0.3) is 0 Å². The first-order valence-corrected chi connectivity index (χ1v) is 23.7. The minimum atomic E-state index is -0.826. The molecule has 0 unspecified atom stereocenters. The third-order valence-corrected chi connectivity index (χ3v) is 7.04. The van der Waals surface area contributed by atoms with E-state index >= 15 is 0 Å². The van der Waals surface area contributed by atoms with Crippen LogP contribution in [0.3, 0.4) is 0 Å². The summed E-state index contributed by atoms with van der Waals surface area (Å²) in [5.74, 6) is 0. The number of hydrogen-bond donors (Lipinski definition) is 0. The van der Waals surface area contributed by atoms with E-state index in [0.29, 0.717) is 0 Å². The molecule has 218 valence electrons. The second kappa shape index (κ2) is 23.9. The fourth-order valence-corrected chi connectivity index (χ4v) is 4.94. The van der Waals surface area contributed by atoms with Gasteiger partial charge in [-0.1, -0.05) is 115 Å². The number of aryl methyl sites for hydroxylation is 4. The van der Waals surface area contributed by atoms with Crippen molar-refractivity contribution in [2.45, 2.75) is 118 Å². The van der Waals surface area contributed by atoms with Gasteiger partial charge in [0.1, 0.15) is 0 Å². The van der Waals surface area contributed by atoms with Crippen LogP contribution in [0.2, 0.25) is 13.1 Å².